The Bertz CT molecular complexity index is 806. The fourth-order valence-corrected chi connectivity index (χ4v) is 3.16. The normalized spacial score (nSPS) is 17.2. The van der Waals surface area contributed by atoms with Gasteiger partial charge in [-0.3, -0.25) is 9.20 Å². The minimum absolute atomic E-state index is 0.0180. The Morgan fingerprint density at radius 2 is 1.89 bits per heavy atom. The lowest BCUT2D eigenvalue weighted by molar-refractivity contribution is -0.174. The lowest BCUT2D eigenvalue weighted by Crippen LogP contribution is -2.53. The maximum Gasteiger partial charge on any atom is 0.409 e. The molecule has 1 fully saturated rings. The zero-order valence-corrected chi connectivity index (χ0v) is 15.5. The Morgan fingerprint density at radius 3 is 2.48 bits per heavy atom. The molecule has 0 radical (unpaired) electrons. The number of ether oxygens (including phenoxy) is 1. The summed E-state index contributed by atoms with van der Waals surface area (Å²) in [5.41, 5.74) is -0.738. The number of amides is 1. The van der Waals surface area contributed by atoms with Crippen molar-refractivity contribution in [3.8, 4) is 0 Å². The Balaban J connectivity index is 1.97. The van der Waals surface area contributed by atoms with Gasteiger partial charge in [-0.2, -0.15) is 13.2 Å². The minimum Gasteiger partial charge on any atom is -0.378 e. The van der Waals surface area contributed by atoms with Crippen molar-refractivity contribution in [2.24, 2.45) is 5.41 Å². The number of morpholine rings is 1. The predicted molar refractivity (Wildman–Crippen MR) is 95.0 cm³/mol. The third kappa shape index (κ3) is 4.02. The van der Waals surface area contributed by atoms with E-state index >= 15 is 0 Å². The lowest BCUT2D eigenvalue weighted by Gasteiger charge is -2.32. The van der Waals surface area contributed by atoms with E-state index in [0.29, 0.717) is 37.8 Å². The van der Waals surface area contributed by atoms with Crippen molar-refractivity contribution in [1.82, 2.24) is 14.7 Å². The molecule has 6 nitrogen and oxygen atoms in total. The largest absolute Gasteiger partial charge is 0.409 e. The fourth-order valence-electron chi connectivity index (χ4n) is 3.16. The number of alkyl halides is 3. The monoisotopic (exact) mass is 384 g/mol. The van der Waals surface area contributed by atoms with E-state index in [0.717, 1.165) is 0 Å². The first kappa shape index (κ1) is 19.5. The molecule has 3 heterocycles. The fraction of sp³-hybridized carbons (Fsp3) is 0.556. The first-order chi connectivity index (χ1) is 12.6. The summed E-state index contributed by atoms with van der Waals surface area (Å²) >= 11 is 0. The van der Waals surface area contributed by atoms with E-state index in [9.17, 15) is 18.0 Å². The molecular formula is C18H23F3N4O2. The quantitative estimate of drug-likeness (QED) is 0.884. The van der Waals surface area contributed by atoms with Gasteiger partial charge >= 0.3 is 6.18 Å². The van der Waals surface area contributed by atoms with Crippen LogP contribution in [0.1, 0.15) is 31.3 Å². The molecule has 3 rings (SSSR count). The van der Waals surface area contributed by atoms with Gasteiger partial charge in [0.05, 0.1) is 18.7 Å². The van der Waals surface area contributed by atoms with Crippen molar-refractivity contribution in [3.63, 3.8) is 0 Å². The number of hydrogen-bond donors (Lipinski definition) is 1. The number of pyridine rings is 1. The zero-order valence-electron chi connectivity index (χ0n) is 15.5. The van der Waals surface area contributed by atoms with Crippen LogP contribution in [-0.4, -0.2) is 53.8 Å². The van der Waals surface area contributed by atoms with Gasteiger partial charge in [-0.15, -0.1) is 0 Å². The smallest absolute Gasteiger partial charge is 0.378 e. The van der Waals surface area contributed by atoms with E-state index in [1.807, 2.05) is 4.90 Å². The predicted octanol–water partition coefficient (Wildman–Crippen LogP) is 2.88. The Hall–Kier alpha value is -2.29. The molecule has 1 N–H and O–H groups in total. The third-order valence-corrected chi connectivity index (χ3v) is 4.51. The van der Waals surface area contributed by atoms with Crippen molar-refractivity contribution in [2.45, 2.75) is 33.0 Å². The van der Waals surface area contributed by atoms with Gasteiger partial charge in [0, 0.05) is 19.3 Å². The minimum atomic E-state index is -4.56. The first-order valence-corrected chi connectivity index (χ1v) is 8.76. The van der Waals surface area contributed by atoms with Crippen LogP contribution in [0.5, 0.6) is 0 Å². The third-order valence-electron chi connectivity index (χ3n) is 4.51. The van der Waals surface area contributed by atoms with Gasteiger partial charge in [0.2, 0.25) is 5.95 Å². The average Bonchev–Trinajstić information content (AvgIpc) is 2.98. The molecule has 2 aromatic heterocycles. The molecule has 0 aliphatic carbocycles. The van der Waals surface area contributed by atoms with E-state index in [1.54, 1.807) is 28.8 Å². The van der Waals surface area contributed by atoms with Crippen LogP contribution in [0.15, 0.2) is 24.4 Å². The van der Waals surface area contributed by atoms with Crippen LogP contribution in [-0.2, 0) is 4.74 Å². The molecule has 1 aliphatic rings. The summed E-state index contributed by atoms with van der Waals surface area (Å²) in [7, 11) is 0. The van der Waals surface area contributed by atoms with E-state index in [2.05, 4.69) is 10.3 Å². The van der Waals surface area contributed by atoms with Crippen molar-refractivity contribution in [3.05, 3.63) is 30.1 Å². The van der Waals surface area contributed by atoms with Gasteiger partial charge in [0.15, 0.2) is 5.69 Å². The number of halogens is 3. The van der Waals surface area contributed by atoms with E-state index in [-0.39, 0.29) is 5.69 Å². The Labute approximate surface area is 155 Å². The zero-order chi connectivity index (χ0) is 19.8. The van der Waals surface area contributed by atoms with Crippen molar-refractivity contribution < 1.29 is 22.7 Å². The molecule has 9 heteroatoms. The van der Waals surface area contributed by atoms with Gasteiger partial charge < -0.3 is 15.0 Å². The summed E-state index contributed by atoms with van der Waals surface area (Å²) in [6.07, 6.45) is -2.81. The molecule has 148 valence electrons. The number of carbonyl (C=O) groups is 1. The van der Waals surface area contributed by atoms with E-state index in [4.69, 9.17) is 4.74 Å². The second kappa shape index (κ2) is 7.03. The van der Waals surface area contributed by atoms with Crippen LogP contribution in [0, 0.1) is 5.41 Å². The summed E-state index contributed by atoms with van der Waals surface area (Å²) in [5.74, 6) is -0.311. The van der Waals surface area contributed by atoms with Crippen LogP contribution >= 0.6 is 0 Å². The molecule has 0 saturated carbocycles. The van der Waals surface area contributed by atoms with Crippen molar-refractivity contribution in [2.75, 3.05) is 31.2 Å². The molecule has 1 atom stereocenters. The number of rotatable bonds is 3. The number of nitrogens with zero attached hydrogens (tertiary/aromatic N) is 3. The van der Waals surface area contributed by atoms with Crippen LogP contribution in [0.3, 0.4) is 0 Å². The van der Waals surface area contributed by atoms with Crippen LogP contribution in [0.25, 0.3) is 5.52 Å². The summed E-state index contributed by atoms with van der Waals surface area (Å²) < 4.78 is 47.4. The SMILES string of the molecule is CC(C)(C)[C@H](NC(=O)c1nc(N2CCOCC2)n2ccccc12)C(F)(F)F. The summed E-state index contributed by atoms with van der Waals surface area (Å²) in [4.78, 5) is 19.1. The highest BCUT2D eigenvalue weighted by Crippen LogP contribution is 2.33. The second-order valence-corrected chi connectivity index (χ2v) is 7.63. The second-order valence-electron chi connectivity index (χ2n) is 7.63. The Morgan fingerprint density at radius 1 is 1.22 bits per heavy atom. The number of hydrogen-bond acceptors (Lipinski definition) is 4. The summed E-state index contributed by atoms with van der Waals surface area (Å²) in [5, 5.41) is 2.14. The van der Waals surface area contributed by atoms with Crippen LogP contribution in [0.2, 0.25) is 0 Å². The van der Waals surface area contributed by atoms with Crippen molar-refractivity contribution in [1.29, 1.82) is 0 Å². The molecule has 0 bridgehead atoms. The standard InChI is InChI=1S/C18H23F3N4O2/c1-17(2,3)15(18(19,20)21)23-14(26)13-12-6-4-5-7-25(12)16(22-13)24-8-10-27-11-9-24/h4-7,15H,8-11H2,1-3H3,(H,23,26)/t15-/m0/s1. The molecule has 27 heavy (non-hydrogen) atoms. The molecular weight excluding hydrogens is 361 g/mol. The van der Waals surface area contributed by atoms with Gasteiger partial charge in [-0.25, -0.2) is 4.98 Å². The molecule has 0 aromatic carbocycles. The van der Waals surface area contributed by atoms with Gasteiger partial charge in [-0.1, -0.05) is 26.8 Å². The van der Waals surface area contributed by atoms with Gasteiger partial charge in [0.1, 0.15) is 6.04 Å². The van der Waals surface area contributed by atoms with E-state index in [1.165, 1.54) is 20.8 Å². The molecule has 0 unspecified atom stereocenters. The lowest BCUT2D eigenvalue weighted by atomic mass is 9.86. The molecule has 1 aliphatic heterocycles. The number of imidazole rings is 1. The molecule has 1 saturated heterocycles. The topological polar surface area (TPSA) is 58.9 Å². The van der Waals surface area contributed by atoms with Crippen molar-refractivity contribution >= 4 is 17.4 Å². The van der Waals surface area contributed by atoms with Gasteiger partial charge in [0.25, 0.3) is 5.91 Å². The molecule has 1 amide bonds. The first-order valence-electron chi connectivity index (χ1n) is 8.76. The maximum atomic E-state index is 13.4. The number of carbonyl (C=O) groups excluding carboxylic acids is 1. The molecule has 0 spiro atoms. The average molecular weight is 384 g/mol. The number of aromatic nitrogens is 2. The highest BCUT2D eigenvalue weighted by molar-refractivity contribution is 6.00. The van der Waals surface area contributed by atoms with Gasteiger partial charge in [-0.05, 0) is 17.5 Å². The highest BCUT2D eigenvalue weighted by atomic mass is 19.4. The number of anilines is 1. The number of fused-ring (bicyclic) bond motifs is 1. The summed E-state index contributed by atoms with van der Waals surface area (Å²) in [6, 6.07) is 3.20. The van der Waals surface area contributed by atoms with Crippen LogP contribution < -0.4 is 10.2 Å². The summed E-state index contributed by atoms with van der Waals surface area (Å²) in [6.45, 7) is 6.58. The van der Waals surface area contributed by atoms with E-state index < -0.39 is 23.5 Å². The molecule has 2 aromatic rings. The number of nitrogens with one attached hydrogen (secondary N) is 1. The van der Waals surface area contributed by atoms with Crippen LogP contribution in [0.4, 0.5) is 19.1 Å². The maximum absolute atomic E-state index is 13.4. The highest BCUT2D eigenvalue weighted by Gasteiger charge is 2.48. The Kier molecular flexibility index (Phi) is 5.07.